The van der Waals surface area contributed by atoms with Gasteiger partial charge in [-0.2, -0.15) is 8.78 Å². The summed E-state index contributed by atoms with van der Waals surface area (Å²) in [4.78, 5) is 34.6. The number of carbonyl (C=O) groups is 3. The Balaban J connectivity index is 1.76. The van der Waals surface area contributed by atoms with E-state index in [2.05, 4.69) is 10.6 Å². The minimum absolute atomic E-state index is 0.224. The van der Waals surface area contributed by atoms with E-state index in [1.54, 1.807) is 0 Å². The van der Waals surface area contributed by atoms with Gasteiger partial charge < -0.3 is 15.4 Å². The second kappa shape index (κ2) is 7.91. The average Bonchev–Trinajstić information content (AvgIpc) is 2.93. The second-order valence-electron chi connectivity index (χ2n) is 4.72. The number of esters is 1. The number of rotatable bonds is 6. The number of halogens is 2. The predicted octanol–water partition coefficient (Wildman–Crippen LogP) is 1.76. The van der Waals surface area contributed by atoms with Gasteiger partial charge in [0.25, 0.3) is 11.7 Å². The van der Waals surface area contributed by atoms with Crippen molar-refractivity contribution in [1.82, 2.24) is 5.32 Å². The normalized spacial score (nSPS) is 17.0. The summed E-state index contributed by atoms with van der Waals surface area (Å²) in [5, 5.41) is 4.92. The highest BCUT2D eigenvalue weighted by molar-refractivity contribution is 7.99. The van der Waals surface area contributed by atoms with Crippen molar-refractivity contribution in [1.29, 1.82) is 0 Å². The third kappa shape index (κ3) is 5.51. The lowest BCUT2D eigenvalue weighted by atomic mass is 10.2. The summed E-state index contributed by atoms with van der Waals surface area (Å²) in [5.74, 6) is -3.95. The van der Waals surface area contributed by atoms with E-state index in [1.807, 2.05) is 0 Å². The fourth-order valence-corrected chi connectivity index (χ4v) is 2.44. The molecule has 1 saturated heterocycles. The molecule has 9 heteroatoms. The Kier molecular flexibility index (Phi) is 5.91. The molecular weight excluding hydrogens is 330 g/mol. The molecule has 2 rings (SSSR count). The molecule has 1 aliphatic rings. The summed E-state index contributed by atoms with van der Waals surface area (Å²) in [7, 11) is 0. The van der Waals surface area contributed by atoms with Gasteiger partial charge in [0.2, 0.25) is 5.91 Å². The van der Waals surface area contributed by atoms with Gasteiger partial charge in [0.1, 0.15) is 6.04 Å². The van der Waals surface area contributed by atoms with Crippen molar-refractivity contribution in [3.8, 4) is 0 Å². The molecule has 1 aromatic carbocycles. The fraction of sp³-hybridized carbons (Fsp3) is 0.357. The number of hydrogen-bond acceptors (Lipinski definition) is 5. The predicted molar refractivity (Wildman–Crippen MR) is 79.1 cm³/mol. The second-order valence-corrected chi connectivity index (χ2v) is 5.78. The van der Waals surface area contributed by atoms with Crippen LogP contribution in [0.5, 0.6) is 0 Å². The minimum Gasteiger partial charge on any atom is -0.454 e. The number of hydrogen-bond donors (Lipinski definition) is 2. The smallest absolute Gasteiger partial charge is 0.329 e. The molecule has 124 valence electrons. The van der Waals surface area contributed by atoms with Gasteiger partial charge in [-0.05, 0) is 30.7 Å². The molecular formula is C14H14F2N2O4S. The van der Waals surface area contributed by atoms with Crippen LogP contribution in [-0.2, 0) is 19.1 Å². The van der Waals surface area contributed by atoms with Crippen molar-refractivity contribution in [2.75, 3.05) is 11.9 Å². The van der Waals surface area contributed by atoms with E-state index in [-0.39, 0.29) is 12.3 Å². The van der Waals surface area contributed by atoms with Crippen LogP contribution in [0.4, 0.5) is 14.5 Å². The molecule has 1 fully saturated rings. The van der Waals surface area contributed by atoms with Crippen LogP contribution in [0.2, 0.25) is 0 Å². The third-order valence-corrected chi connectivity index (χ3v) is 3.71. The van der Waals surface area contributed by atoms with E-state index in [1.165, 1.54) is 24.3 Å². The number of carbonyl (C=O) groups excluding carboxylic acids is 3. The van der Waals surface area contributed by atoms with Crippen molar-refractivity contribution >= 4 is 35.2 Å². The monoisotopic (exact) mass is 344 g/mol. The molecule has 1 aromatic rings. The number of amides is 2. The van der Waals surface area contributed by atoms with Gasteiger partial charge in [0, 0.05) is 17.0 Å². The Morgan fingerprint density at radius 2 is 2.04 bits per heavy atom. The van der Waals surface area contributed by atoms with Gasteiger partial charge in [-0.3, -0.25) is 9.59 Å². The van der Waals surface area contributed by atoms with Gasteiger partial charge in [0.05, 0.1) is 0 Å². The number of benzene rings is 1. The zero-order valence-electron chi connectivity index (χ0n) is 11.9. The molecule has 2 amide bonds. The molecule has 0 unspecified atom stereocenters. The van der Waals surface area contributed by atoms with Gasteiger partial charge in [-0.1, -0.05) is 11.8 Å². The van der Waals surface area contributed by atoms with E-state index in [0.717, 1.165) is 0 Å². The SMILES string of the molecule is O=C(COC(=O)[C@@H]1CCC(=O)N1)Nc1ccc(SC(F)F)cc1. The Labute approximate surface area is 134 Å². The Morgan fingerprint density at radius 3 is 2.61 bits per heavy atom. The van der Waals surface area contributed by atoms with Crippen molar-refractivity contribution in [2.24, 2.45) is 0 Å². The van der Waals surface area contributed by atoms with Crippen LogP contribution in [-0.4, -0.2) is 36.2 Å². The topological polar surface area (TPSA) is 84.5 Å². The highest BCUT2D eigenvalue weighted by Gasteiger charge is 2.28. The Morgan fingerprint density at radius 1 is 1.35 bits per heavy atom. The Bertz CT molecular complexity index is 595. The summed E-state index contributed by atoms with van der Waals surface area (Å²) in [6.07, 6.45) is 0.609. The zero-order valence-corrected chi connectivity index (χ0v) is 12.7. The van der Waals surface area contributed by atoms with E-state index < -0.39 is 30.3 Å². The first-order valence-electron chi connectivity index (χ1n) is 6.75. The number of ether oxygens (including phenoxy) is 1. The van der Waals surface area contributed by atoms with Crippen LogP contribution in [0.3, 0.4) is 0 Å². The van der Waals surface area contributed by atoms with Crippen LogP contribution in [0.15, 0.2) is 29.2 Å². The lowest BCUT2D eigenvalue weighted by Gasteiger charge is -2.10. The fourth-order valence-electron chi connectivity index (χ4n) is 1.94. The first-order chi connectivity index (χ1) is 10.9. The quantitative estimate of drug-likeness (QED) is 0.607. The number of anilines is 1. The molecule has 6 nitrogen and oxygen atoms in total. The number of thioether (sulfide) groups is 1. The zero-order chi connectivity index (χ0) is 16.8. The molecule has 0 aromatic heterocycles. The first-order valence-corrected chi connectivity index (χ1v) is 7.63. The van der Waals surface area contributed by atoms with Crippen LogP contribution in [0.1, 0.15) is 12.8 Å². The van der Waals surface area contributed by atoms with Crippen molar-refractivity contribution in [3.05, 3.63) is 24.3 Å². The summed E-state index contributed by atoms with van der Waals surface area (Å²) >= 11 is 0.405. The van der Waals surface area contributed by atoms with E-state index in [9.17, 15) is 23.2 Å². The largest absolute Gasteiger partial charge is 0.454 e. The van der Waals surface area contributed by atoms with Crippen molar-refractivity contribution in [2.45, 2.75) is 29.5 Å². The maximum Gasteiger partial charge on any atom is 0.329 e. The molecule has 0 saturated carbocycles. The maximum absolute atomic E-state index is 12.2. The van der Waals surface area contributed by atoms with Crippen LogP contribution >= 0.6 is 11.8 Å². The highest BCUT2D eigenvalue weighted by atomic mass is 32.2. The van der Waals surface area contributed by atoms with E-state index in [4.69, 9.17) is 4.74 Å². The highest BCUT2D eigenvalue weighted by Crippen LogP contribution is 2.26. The molecule has 0 radical (unpaired) electrons. The van der Waals surface area contributed by atoms with Crippen LogP contribution in [0, 0.1) is 0 Å². The van der Waals surface area contributed by atoms with E-state index in [0.29, 0.717) is 28.8 Å². The standard InChI is InChI=1S/C14H14F2N2O4S/c15-14(16)23-9-3-1-8(2-4-9)17-12(20)7-22-13(21)10-5-6-11(19)18-10/h1-4,10,14H,5-7H2,(H,17,20)(H,18,19)/t10-/m0/s1. The first kappa shape index (κ1) is 17.2. The molecule has 1 heterocycles. The van der Waals surface area contributed by atoms with E-state index >= 15 is 0 Å². The molecule has 0 spiro atoms. The van der Waals surface area contributed by atoms with Crippen molar-refractivity contribution in [3.63, 3.8) is 0 Å². The van der Waals surface area contributed by atoms with Gasteiger partial charge >= 0.3 is 5.97 Å². The Hall–Kier alpha value is -2.16. The summed E-state index contributed by atoms with van der Waals surface area (Å²) in [5.41, 5.74) is 0.402. The molecule has 2 N–H and O–H groups in total. The van der Waals surface area contributed by atoms with Crippen LogP contribution < -0.4 is 10.6 Å². The summed E-state index contributed by atoms with van der Waals surface area (Å²) in [6, 6.07) is 5.14. The summed E-state index contributed by atoms with van der Waals surface area (Å²) < 4.78 is 29.2. The maximum atomic E-state index is 12.2. The molecule has 1 atom stereocenters. The average molecular weight is 344 g/mol. The number of nitrogens with one attached hydrogen (secondary N) is 2. The number of alkyl halides is 2. The minimum atomic E-state index is -2.51. The molecule has 0 aliphatic carbocycles. The molecule has 1 aliphatic heterocycles. The van der Waals surface area contributed by atoms with Crippen molar-refractivity contribution < 1.29 is 27.9 Å². The molecule has 0 bridgehead atoms. The van der Waals surface area contributed by atoms with Gasteiger partial charge in [-0.25, -0.2) is 4.79 Å². The summed E-state index contributed by atoms with van der Waals surface area (Å²) in [6.45, 7) is -0.487. The van der Waals surface area contributed by atoms with Gasteiger partial charge in [-0.15, -0.1) is 0 Å². The van der Waals surface area contributed by atoms with Gasteiger partial charge in [0.15, 0.2) is 6.61 Å². The lowest BCUT2D eigenvalue weighted by Crippen LogP contribution is -2.36. The molecule has 23 heavy (non-hydrogen) atoms. The third-order valence-electron chi connectivity index (χ3n) is 2.99. The van der Waals surface area contributed by atoms with Crippen LogP contribution in [0.25, 0.3) is 0 Å². The lowest BCUT2D eigenvalue weighted by molar-refractivity contribution is -0.149.